The zero-order chi connectivity index (χ0) is 23.9. The zero-order valence-electron chi connectivity index (χ0n) is 19.4. The fourth-order valence-electron chi connectivity index (χ4n) is 4.44. The first kappa shape index (κ1) is 23.4. The number of nitrogens with zero attached hydrogens (tertiary/aromatic N) is 3. The lowest BCUT2D eigenvalue weighted by atomic mass is 9.83. The van der Waals surface area contributed by atoms with Crippen LogP contribution in [0, 0.1) is 0 Å². The Kier molecular flexibility index (Phi) is 6.27. The molecule has 174 valence electrons. The topological polar surface area (TPSA) is 38.1 Å². The molecule has 0 saturated heterocycles. The summed E-state index contributed by atoms with van der Waals surface area (Å²) in [4.78, 5) is 16.8. The number of amides is 1. The van der Waals surface area contributed by atoms with E-state index in [9.17, 15) is 13.6 Å². The molecule has 1 aromatic carbocycles. The summed E-state index contributed by atoms with van der Waals surface area (Å²) < 4.78 is 30.6. The van der Waals surface area contributed by atoms with Crippen molar-refractivity contribution in [3.05, 3.63) is 75.8 Å². The number of benzene rings is 1. The Morgan fingerprint density at radius 2 is 2.03 bits per heavy atom. The molecule has 33 heavy (non-hydrogen) atoms. The number of rotatable bonds is 6. The predicted octanol–water partition coefficient (Wildman–Crippen LogP) is 6.53. The molecule has 0 aliphatic carbocycles. The molecule has 1 atom stereocenters. The molecule has 3 heterocycles. The van der Waals surface area contributed by atoms with Gasteiger partial charge in [0.25, 0.3) is 5.92 Å². The Hall–Kier alpha value is -2.80. The zero-order valence-corrected chi connectivity index (χ0v) is 20.3. The molecule has 0 saturated carbocycles. The van der Waals surface area contributed by atoms with Crippen LogP contribution in [0.1, 0.15) is 66.1 Å². The Morgan fingerprint density at radius 3 is 2.67 bits per heavy atom. The molecule has 1 unspecified atom stereocenters. The molecule has 1 amide bonds. The summed E-state index contributed by atoms with van der Waals surface area (Å²) >= 11 is 1.73. The van der Waals surface area contributed by atoms with Crippen LogP contribution >= 0.6 is 11.3 Å². The summed E-state index contributed by atoms with van der Waals surface area (Å²) in [7, 11) is 0. The molecular formula is C26H29F2N3OS. The highest BCUT2D eigenvalue weighted by Crippen LogP contribution is 2.44. The highest BCUT2D eigenvalue weighted by atomic mass is 32.1. The largest absolute Gasteiger partial charge is 0.333 e. The second kappa shape index (κ2) is 8.86. The van der Waals surface area contributed by atoms with Crippen LogP contribution in [0.15, 0.2) is 49.2 Å². The van der Waals surface area contributed by atoms with Crippen molar-refractivity contribution in [3.63, 3.8) is 0 Å². The maximum Gasteiger partial charge on any atom is 0.289 e. The number of alkyl halides is 2. The lowest BCUT2D eigenvalue weighted by molar-refractivity contribution is -0.127. The van der Waals surface area contributed by atoms with Crippen LogP contribution in [0.2, 0.25) is 0 Å². The van der Waals surface area contributed by atoms with Gasteiger partial charge >= 0.3 is 0 Å². The van der Waals surface area contributed by atoms with Gasteiger partial charge in [-0.15, -0.1) is 11.3 Å². The summed E-state index contributed by atoms with van der Waals surface area (Å²) in [6.07, 6.45) is 3.04. The molecule has 7 heteroatoms. The van der Waals surface area contributed by atoms with Crippen molar-refractivity contribution >= 4 is 17.2 Å². The van der Waals surface area contributed by atoms with Crippen LogP contribution in [0.3, 0.4) is 0 Å². The van der Waals surface area contributed by atoms with Crippen LogP contribution in [0.25, 0.3) is 11.1 Å². The number of thiophene rings is 1. The molecule has 0 fully saturated rings. The van der Waals surface area contributed by atoms with Gasteiger partial charge < -0.3 is 4.90 Å². The Bertz CT molecular complexity index is 1190. The summed E-state index contributed by atoms with van der Waals surface area (Å²) in [5, 5.41) is 4.18. The van der Waals surface area contributed by atoms with Gasteiger partial charge in [0.1, 0.15) is 5.69 Å². The van der Waals surface area contributed by atoms with Gasteiger partial charge in [0.15, 0.2) is 0 Å². The van der Waals surface area contributed by atoms with Crippen molar-refractivity contribution < 1.29 is 13.6 Å². The summed E-state index contributed by atoms with van der Waals surface area (Å²) in [5.74, 6) is -2.95. The number of aromatic nitrogens is 2. The molecule has 0 spiro atoms. The lowest BCUT2D eigenvalue weighted by Crippen LogP contribution is -2.37. The van der Waals surface area contributed by atoms with E-state index in [1.165, 1.54) is 16.5 Å². The lowest BCUT2D eigenvalue weighted by Gasteiger charge is -2.33. The molecule has 0 bridgehead atoms. The number of hydrogen-bond donors (Lipinski definition) is 0. The van der Waals surface area contributed by atoms with Crippen molar-refractivity contribution in [2.75, 3.05) is 6.54 Å². The second-order valence-corrected chi connectivity index (χ2v) is 10.0. The maximum absolute atomic E-state index is 14.5. The van der Waals surface area contributed by atoms with Crippen molar-refractivity contribution in [3.8, 4) is 11.1 Å². The normalized spacial score (nSPS) is 16.2. The van der Waals surface area contributed by atoms with E-state index < -0.39 is 5.92 Å². The molecule has 3 aromatic rings. The Balaban J connectivity index is 1.90. The fourth-order valence-corrected chi connectivity index (χ4v) is 5.68. The highest BCUT2D eigenvalue weighted by molar-refractivity contribution is 7.12. The van der Waals surface area contributed by atoms with Crippen LogP contribution in [0.5, 0.6) is 0 Å². The number of carbonyl (C=O) groups is 1. The van der Waals surface area contributed by atoms with E-state index >= 15 is 0 Å². The van der Waals surface area contributed by atoms with E-state index in [0.717, 1.165) is 22.9 Å². The van der Waals surface area contributed by atoms with E-state index in [2.05, 4.69) is 31.6 Å². The monoisotopic (exact) mass is 469 g/mol. The molecule has 0 N–H and O–H groups in total. The first-order valence-electron chi connectivity index (χ1n) is 11.2. The summed E-state index contributed by atoms with van der Waals surface area (Å²) in [6, 6.07) is 9.89. The maximum atomic E-state index is 14.5. The SMILES string of the molecule is C=CC(=O)N1Cc2sc(C(C)C)cc2C(c2ccccc2-c2cn(CC)nc2C(C)(F)F)C1. The molecule has 2 aromatic heterocycles. The number of carbonyl (C=O) groups excluding carboxylic acids is 1. The van der Waals surface area contributed by atoms with E-state index in [1.807, 2.05) is 31.2 Å². The third-order valence-electron chi connectivity index (χ3n) is 6.16. The first-order chi connectivity index (χ1) is 15.6. The minimum Gasteiger partial charge on any atom is -0.333 e. The Labute approximate surface area is 197 Å². The molecule has 0 radical (unpaired) electrons. The van der Waals surface area contributed by atoms with Gasteiger partial charge in [-0.05, 0) is 41.7 Å². The fraction of sp³-hybridized carbons (Fsp3) is 0.385. The van der Waals surface area contributed by atoms with Crippen molar-refractivity contribution in [1.82, 2.24) is 14.7 Å². The van der Waals surface area contributed by atoms with Gasteiger partial charge in [0.05, 0.1) is 6.54 Å². The Morgan fingerprint density at radius 1 is 1.30 bits per heavy atom. The molecule has 4 rings (SSSR count). The van der Waals surface area contributed by atoms with Gasteiger partial charge in [-0.25, -0.2) is 0 Å². The number of aryl methyl sites for hydroxylation is 1. The molecular weight excluding hydrogens is 440 g/mol. The third kappa shape index (κ3) is 4.38. The van der Waals surface area contributed by atoms with Crippen molar-refractivity contribution in [2.45, 2.75) is 58.5 Å². The molecule has 1 aliphatic rings. The van der Waals surface area contributed by atoms with E-state index in [0.29, 0.717) is 31.1 Å². The van der Waals surface area contributed by atoms with Gasteiger partial charge in [-0.1, -0.05) is 44.7 Å². The third-order valence-corrected chi connectivity index (χ3v) is 7.59. The minimum atomic E-state index is -3.07. The summed E-state index contributed by atoms with van der Waals surface area (Å²) in [5.41, 5.74) is 3.05. The van der Waals surface area contributed by atoms with Gasteiger partial charge in [-0.3, -0.25) is 9.48 Å². The molecule has 4 nitrogen and oxygen atoms in total. The van der Waals surface area contributed by atoms with Crippen LogP contribution in [-0.2, 0) is 23.8 Å². The van der Waals surface area contributed by atoms with Crippen molar-refractivity contribution in [1.29, 1.82) is 0 Å². The standard InChI is InChI=1S/C26H29F2N3OS/c1-6-24(32)30-13-20(19-12-22(16(3)4)33-23(19)15-30)17-10-8-9-11-18(17)21-14-31(7-2)29-25(21)26(5,27)28/h6,8-12,14,16,20H,1,7,13,15H2,2-5H3. The second-order valence-electron chi connectivity index (χ2n) is 8.88. The predicted molar refractivity (Wildman–Crippen MR) is 129 cm³/mol. The van der Waals surface area contributed by atoms with Crippen LogP contribution in [0.4, 0.5) is 8.78 Å². The van der Waals surface area contributed by atoms with Crippen LogP contribution < -0.4 is 0 Å². The van der Waals surface area contributed by atoms with E-state index in [4.69, 9.17) is 0 Å². The van der Waals surface area contributed by atoms with Gasteiger partial charge in [0, 0.05) is 47.4 Å². The van der Waals surface area contributed by atoms with Crippen molar-refractivity contribution in [2.24, 2.45) is 0 Å². The highest BCUT2D eigenvalue weighted by Gasteiger charge is 2.36. The summed E-state index contributed by atoms with van der Waals surface area (Å²) in [6.45, 7) is 12.3. The average molecular weight is 470 g/mol. The minimum absolute atomic E-state index is 0.123. The van der Waals surface area contributed by atoms with Gasteiger partial charge in [0.2, 0.25) is 5.91 Å². The quantitative estimate of drug-likeness (QED) is 0.385. The first-order valence-corrected chi connectivity index (χ1v) is 12.0. The number of fused-ring (bicyclic) bond motifs is 1. The van der Waals surface area contributed by atoms with E-state index in [1.54, 1.807) is 27.1 Å². The van der Waals surface area contributed by atoms with E-state index in [-0.39, 0.29) is 17.5 Å². The van der Waals surface area contributed by atoms with Gasteiger partial charge in [-0.2, -0.15) is 13.9 Å². The van der Waals surface area contributed by atoms with Crippen LogP contribution in [-0.4, -0.2) is 27.1 Å². The molecule has 1 aliphatic heterocycles. The number of hydrogen-bond acceptors (Lipinski definition) is 3. The smallest absolute Gasteiger partial charge is 0.289 e. The number of halogens is 2. The average Bonchev–Trinajstić information content (AvgIpc) is 3.42.